The molecule has 10 heteroatoms. The standard InChI is InChI=1S/C27H22F3IN4O2/c1-15(2)32-26(37)33-19-10-7-16(8-11-19)24-20-14-18(31)9-12-22(20)35-25(36)23(34-24)13-17-5-3-4-6-21(17)27(28,29)30/h3-12,14,23H,1,13H2,2H3,(H,35,36)(H2,32,33,37). The van der Waals surface area contributed by atoms with Crippen molar-refractivity contribution < 1.29 is 22.8 Å². The van der Waals surface area contributed by atoms with Crippen molar-refractivity contribution in [3.05, 3.63) is 105 Å². The molecule has 0 saturated carbocycles. The second-order valence-electron chi connectivity index (χ2n) is 8.47. The maximum atomic E-state index is 13.6. The van der Waals surface area contributed by atoms with Gasteiger partial charge in [0.2, 0.25) is 5.91 Å². The highest BCUT2D eigenvalue weighted by atomic mass is 127. The van der Waals surface area contributed by atoms with Crippen LogP contribution in [0.15, 0.2) is 84.0 Å². The molecule has 6 nitrogen and oxygen atoms in total. The third kappa shape index (κ3) is 6.37. The third-order valence-electron chi connectivity index (χ3n) is 5.56. The quantitative estimate of drug-likeness (QED) is 0.291. The second kappa shape index (κ2) is 10.8. The lowest BCUT2D eigenvalue weighted by Crippen LogP contribution is -2.28. The summed E-state index contributed by atoms with van der Waals surface area (Å²) in [5.41, 5.74) is 2.46. The van der Waals surface area contributed by atoms with Crippen LogP contribution in [0.25, 0.3) is 0 Å². The number of nitrogens with zero attached hydrogens (tertiary/aromatic N) is 1. The first-order valence-corrected chi connectivity index (χ1v) is 12.3. The number of anilines is 2. The van der Waals surface area contributed by atoms with Crippen molar-refractivity contribution in [2.24, 2.45) is 4.99 Å². The molecule has 1 aliphatic heterocycles. The fourth-order valence-electron chi connectivity index (χ4n) is 3.94. The molecule has 0 aromatic heterocycles. The number of fused-ring (bicyclic) bond motifs is 1. The highest BCUT2D eigenvalue weighted by Crippen LogP contribution is 2.34. The average Bonchev–Trinajstić information content (AvgIpc) is 2.95. The van der Waals surface area contributed by atoms with Gasteiger partial charge in [-0.2, -0.15) is 13.2 Å². The van der Waals surface area contributed by atoms with E-state index in [2.05, 4.69) is 50.1 Å². The summed E-state index contributed by atoms with van der Waals surface area (Å²) in [4.78, 5) is 29.8. The zero-order valence-corrected chi connectivity index (χ0v) is 21.8. The predicted octanol–water partition coefficient (Wildman–Crippen LogP) is 6.37. The summed E-state index contributed by atoms with van der Waals surface area (Å²) >= 11 is 2.14. The molecule has 0 aliphatic carbocycles. The maximum Gasteiger partial charge on any atom is 0.416 e. The smallest absolute Gasteiger partial charge is 0.324 e. The van der Waals surface area contributed by atoms with Gasteiger partial charge in [-0.05, 0) is 71.5 Å². The highest BCUT2D eigenvalue weighted by Gasteiger charge is 2.35. The lowest BCUT2D eigenvalue weighted by atomic mass is 9.98. The molecular weight excluding hydrogens is 596 g/mol. The normalized spacial score (nSPS) is 15.1. The van der Waals surface area contributed by atoms with Gasteiger partial charge < -0.3 is 16.0 Å². The molecular formula is C27H22F3IN4O2. The van der Waals surface area contributed by atoms with E-state index in [9.17, 15) is 22.8 Å². The molecule has 3 aromatic rings. The van der Waals surface area contributed by atoms with Gasteiger partial charge in [-0.1, -0.05) is 36.9 Å². The Balaban J connectivity index is 1.74. The van der Waals surface area contributed by atoms with Crippen LogP contribution in [-0.4, -0.2) is 23.7 Å². The molecule has 0 saturated heterocycles. The average molecular weight is 618 g/mol. The van der Waals surface area contributed by atoms with Crippen LogP contribution >= 0.6 is 22.6 Å². The minimum atomic E-state index is -4.55. The van der Waals surface area contributed by atoms with Gasteiger partial charge in [0.1, 0.15) is 6.04 Å². The molecule has 1 atom stereocenters. The van der Waals surface area contributed by atoms with E-state index in [0.29, 0.717) is 33.9 Å². The number of benzene rings is 3. The molecule has 0 spiro atoms. The Bertz CT molecular complexity index is 1400. The molecule has 1 heterocycles. The minimum absolute atomic E-state index is 0.0122. The topological polar surface area (TPSA) is 82.6 Å². The molecule has 3 N–H and O–H groups in total. The summed E-state index contributed by atoms with van der Waals surface area (Å²) in [6, 6.07) is 15.9. The molecule has 4 rings (SSSR count). The SMILES string of the molecule is C=C(C)NC(=O)Nc1ccc(C2=NC(Cc3ccccc3C(F)(F)F)C(=O)Nc3ccc(I)cc32)cc1. The molecule has 0 bridgehead atoms. The van der Waals surface area contributed by atoms with Crippen LogP contribution in [0.5, 0.6) is 0 Å². The van der Waals surface area contributed by atoms with Crippen molar-refractivity contribution in [3.63, 3.8) is 0 Å². The van der Waals surface area contributed by atoms with Crippen LogP contribution in [0.1, 0.15) is 29.2 Å². The first-order chi connectivity index (χ1) is 17.5. The van der Waals surface area contributed by atoms with Crippen LogP contribution < -0.4 is 16.0 Å². The summed E-state index contributed by atoms with van der Waals surface area (Å²) in [7, 11) is 0. The number of carbonyl (C=O) groups is 2. The molecule has 1 aliphatic rings. The van der Waals surface area contributed by atoms with Gasteiger partial charge in [0.15, 0.2) is 0 Å². The van der Waals surface area contributed by atoms with Crippen molar-refractivity contribution in [3.8, 4) is 0 Å². The van der Waals surface area contributed by atoms with Crippen molar-refractivity contribution >= 4 is 51.6 Å². The zero-order chi connectivity index (χ0) is 26.7. The van der Waals surface area contributed by atoms with E-state index in [1.54, 1.807) is 37.3 Å². The molecule has 0 fully saturated rings. The number of allylic oxidation sites excluding steroid dienone is 1. The molecule has 3 aromatic carbocycles. The maximum absolute atomic E-state index is 13.6. The lowest BCUT2D eigenvalue weighted by molar-refractivity contribution is -0.138. The number of hydrogen-bond acceptors (Lipinski definition) is 3. The number of rotatable bonds is 5. The Morgan fingerprint density at radius 3 is 2.49 bits per heavy atom. The van der Waals surface area contributed by atoms with Crippen molar-refractivity contribution in [2.45, 2.75) is 25.6 Å². The van der Waals surface area contributed by atoms with Gasteiger partial charge >= 0.3 is 12.2 Å². The number of alkyl halides is 3. The van der Waals surface area contributed by atoms with Gasteiger partial charge in [0, 0.05) is 32.5 Å². The number of aliphatic imine (C=N–C) groups is 1. The molecule has 37 heavy (non-hydrogen) atoms. The van der Waals surface area contributed by atoms with Crippen molar-refractivity contribution in [1.29, 1.82) is 0 Å². The zero-order valence-electron chi connectivity index (χ0n) is 19.6. The number of urea groups is 1. The number of carbonyl (C=O) groups excluding carboxylic acids is 2. The van der Waals surface area contributed by atoms with Gasteiger partial charge in [-0.25, -0.2) is 4.79 Å². The van der Waals surface area contributed by atoms with E-state index >= 15 is 0 Å². The Morgan fingerprint density at radius 2 is 1.81 bits per heavy atom. The van der Waals surface area contributed by atoms with Crippen molar-refractivity contribution in [1.82, 2.24) is 5.32 Å². The Morgan fingerprint density at radius 1 is 1.11 bits per heavy atom. The van der Waals surface area contributed by atoms with Gasteiger partial charge in [0.05, 0.1) is 17.0 Å². The third-order valence-corrected chi connectivity index (χ3v) is 6.23. The summed E-state index contributed by atoms with van der Waals surface area (Å²) in [5, 5.41) is 8.06. The van der Waals surface area contributed by atoms with E-state index in [-0.39, 0.29) is 12.0 Å². The predicted molar refractivity (Wildman–Crippen MR) is 146 cm³/mol. The first kappa shape index (κ1) is 26.4. The number of halogens is 4. The van der Waals surface area contributed by atoms with Crippen LogP contribution in [-0.2, 0) is 17.4 Å². The monoisotopic (exact) mass is 618 g/mol. The second-order valence-corrected chi connectivity index (χ2v) is 9.71. The van der Waals surface area contributed by atoms with Crippen LogP contribution in [0, 0.1) is 3.57 Å². The van der Waals surface area contributed by atoms with E-state index in [1.807, 2.05) is 12.1 Å². The van der Waals surface area contributed by atoms with Crippen molar-refractivity contribution in [2.75, 3.05) is 10.6 Å². The van der Waals surface area contributed by atoms with Gasteiger partial charge in [-0.15, -0.1) is 0 Å². The minimum Gasteiger partial charge on any atom is -0.324 e. The largest absolute Gasteiger partial charge is 0.416 e. The lowest BCUT2D eigenvalue weighted by Gasteiger charge is -2.16. The van der Waals surface area contributed by atoms with Gasteiger partial charge in [-0.3, -0.25) is 9.79 Å². The van der Waals surface area contributed by atoms with Crippen LogP contribution in [0.3, 0.4) is 0 Å². The summed E-state index contributed by atoms with van der Waals surface area (Å²) in [5.74, 6) is -0.496. The number of hydrogen-bond donors (Lipinski definition) is 3. The molecule has 3 amide bonds. The number of nitrogens with one attached hydrogen (secondary N) is 3. The molecule has 0 radical (unpaired) electrons. The fraction of sp³-hybridized carbons (Fsp3) is 0.148. The fourth-order valence-corrected chi connectivity index (χ4v) is 4.43. The van der Waals surface area contributed by atoms with Crippen LogP contribution in [0.2, 0.25) is 0 Å². The first-order valence-electron chi connectivity index (χ1n) is 11.2. The molecule has 190 valence electrons. The highest BCUT2D eigenvalue weighted by molar-refractivity contribution is 14.1. The Labute approximate surface area is 225 Å². The van der Waals surface area contributed by atoms with E-state index in [0.717, 1.165) is 9.64 Å². The van der Waals surface area contributed by atoms with E-state index in [1.165, 1.54) is 18.2 Å². The Kier molecular flexibility index (Phi) is 7.67. The molecule has 1 unspecified atom stereocenters. The summed E-state index contributed by atoms with van der Waals surface area (Å²) < 4.78 is 41.7. The summed E-state index contributed by atoms with van der Waals surface area (Å²) in [6.45, 7) is 5.28. The van der Waals surface area contributed by atoms with Gasteiger partial charge in [0.25, 0.3) is 0 Å². The van der Waals surface area contributed by atoms with E-state index < -0.39 is 29.7 Å². The van der Waals surface area contributed by atoms with E-state index in [4.69, 9.17) is 0 Å². The number of benzodiazepines with no additional fused rings is 1. The Hall–Kier alpha value is -3.67. The van der Waals surface area contributed by atoms with Crippen LogP contribution in [0.4, 0.5) is 29.3 Å². The summed E-state index contributed by atoms with van der Waals surface area (Å²) in [6.07, 6.45) is -4.78. The number of amides is 3.